The molecule has 0 bridgehead atoms. The summed E-state index contributed by atoms with van der Waals surface area (Å²) in [6.07, 6.45) is 0. The van der Waals surface area contributed by atoms with Gasteiger partial charge in [-0.15, -0.1) is 0 Å². The van der Waals surface area contributed by atoms with Crippen LogP contribution in [0.3, 0.4) is 0 Å². The zero-order chi connectivity index (χ0) is 8.72. The fourth-order valence-corrected chi connectivity index (χ4v) is 2.22. The zero-order valence-electron chi connectivity index (χ0n) is 6.18. The highest BCUT2D eigenvalue weighted by Crippen LogP contribution is 2.39. The smallest absolute Gasteiger partial charge is 0.138 e. The van der Waals surface area contributed by atoms with Gasteiger partial charge in [-0.05, 0) is 28.1 Å². The van der Waals surface area contributed by atoms with Gasteiger partial charge in [0, 0.05) is 10.6 Å². The van der Waals surface area contributed by atoms with Gasteiger partial charge in [-0.2, -0.15) is 0 Å². The fourth-order valence-electron chi connectivity index (χ4n) is 1.27. The summed E-state index contributed by atoms with van der Waals surface area (Å²) in [4.78, 5) is 0. The summed E-state index contributed by atoms with van der Waals surface area (Å²) < 4.78 is 6.24. The Balaban J connectivity index is 2.60. The van der Waals surface area contributed by atoms with Gasteiger partial charge >= 0.3 is 0 Å². The van der Waals surface area contributed by atoms with E-state index in [1.165, 1.54) is 0 Å². The third-order valence-corrected chi connectivity index (χ3v) is 2.65. The van der Waals surface area contributed by atoms with Gasteiger partial charge in [0.25, 0.3) is 0 Å². The molecule has 0 aliphatic carbocycles. The number of fused-ring (bicyclic) bond motifs is 1. The van der Waals surface area contributed by atoms with Gasteiger partial charge in [-0.25, -0.2) is 0 Å². The molecule has 0 spiro atoms. The lowest BCUT2D eigenvalue weighted by Crippen LogP contribution is -2.10. The fraction of sp³-hybridized carbons (Fsp3) is 0.250. The molecule has 2 nitrogen and oxygen atoms in total. The van der Waals surface area contributed by atoms with E-state index in [1.807, 2.05) is 6.07 Å². The molecule has 0 amide bonds. The number of hydrogen-bond donors (Lipinski definition) is 1. The van der Waals surface area contributed by atoms with Crippen LogP contribution in [0.15, 0.2) is 16.6 Å². The molecule has 1 aliphatic heterocycles. The zero-order valence-corrected chi connectivity index (χ0v) is 8.52. The molecule has 1 aromatic rings. The third-order valence-electron chi connectivity index (χ3n) is 1.84. The first kappa shape index (κ1) is 8.35. The third kappa shape index (κ3) is 1.22. The van der Waals surface area contributed by atoms with E-state index in [2.05, 4.69) is 15.9 Å². The van der Waals surface area contributed by atoms with Crippen LogP contribution in [0.25, 0.3) is 0 Å². The van der Waals surface area contributed by atoms with Crippen molar-refractivity contribution in [1.29, 1.82) is 0 Å². The molecule has 12 heavy (non-hydrogen) atoms. The largest absolute Gasteiger partial charge is 0.490 e. The monoisotopic (exact) mass is 247 g/mol. The second kappa shape index (κ2) is 2.91. The lowest BCUT2D eigenvalue weighted by Gasteiger charge is -2.02. The van der Waals surface area contributed by atoms with Crippen molar-refractivity contribution in [1.82, 2.24) is 0 Å². The van der Waals surface area contributed by atoms with Crippen molar-refractivity contribution in [2.45, 2.75) is 6.04 Å². The molecule has 0 saturated heterocycles. The summed E-state index contributed by atoms with van der Waals surface area (Å²) in [5.41, 5.74) is 6.76. The van der Waals surface area contributed by atoms with Gasteiger partial charge in [0.1, 0.15) is 12.4 Å². The Kier molecular flexibility index (Phi) is 2.02. The minimum absolute atomic E-state index is 0.0463. The van der Waals surface area contributed by atoms with Gasteiger partial charge in [0.15, 0.2) is 0 Å². The predicted molar refractivity (Wildman–Crippen MR) is 51.6 cm³/mol. The molecule has 2 rings (SSSR count). The van der Waals surface area contributed by atoms with Crippen molar-refractivity contribution in [2.75, 3.05) is 6.61 Å². The number of benzene rings is 1. The van der Waals surface area contributed by atoms with E-state index in [1.54, 1.807) is 6.07 Å². The van der Waals surface area contributed by atoms with Crippen molar-refractivity contribution in [2.24, 2.45) is 5.73 Å². The van der Waals surface area contributed by atoms with E-state index in [0.29, 0.717) is 11.6 Å². The number of ether oxygens (including phenoxy) is 1. The molecular weight excluding hydrogens is 241 g/mol. The van der Waals surface area contributed by atoms with Gasteiger partial charge in [0.05, 0.1) is 10.5 Å². The van der Waals surface area contributed by atoms with Crippen LogP contribution in [0.5, 0.6) is 5.75 Å². The van der Waals surface area contributed by atoms with Crippen LogP contribution in [-0.2, 0) is 0 Å². The van der Waals surface area contributed by atoms with E-state index < -0.39 is 0 Å². The van der Waals surface area contributed by atoms with Crippen LogP contribution in [-0.4, -0.2) is 6.61 Å². The maximum atomic E-state index is 5.85. The van der Waals surface area contributed by atoms with Crippen molar-refractivity contribution in [3.05, 3.63) is 27.2 Å². The predicted octanol–water partition coefficient (Wildman–Crippen LogP) is 2.49. The molecule has 0 aromatic heterocycles. The number of halogens is 2. The van der Waals surface area contributed by atoms with E-state index in [9.17, 15) is 0 Å². The standard InChI is InChI=1S/C8H7BrClNO/c9-6-2-4(10)1-5-7(11)3-12-8(5)6/h1-2,7H,3,11H2/t7-/m1/s1. The lowest BCUT2D eigenvalue weighted by atomic mass is 10.1. The molecule has 1 atom stereocenters. The maximum Gasteiger partial charge on any atom is 0.138 e. The number of rotatable bonds is 0. The lowest BCUT2D eigenvalue weighted by molar-refractivity contribution is 0.331. The van der Waals surface area contributed by atoms with Crippen LogP contribution in [0.2, 0.25) is 5.02 Å². The maximum absolute atomic E-state index is 5.85. The Morgan fingerprint density at radius 3 is 3.08 bits per heavy atom. The second-order valence-electron chi connectivity index (χ2n) is 2.72. The normalized spacial score (nSPS) is 20.4. The van der Waals surface area contributed by atoms with Crippen molar-refractivity contribution < 1.29 is 4.74 Å². The van der Waals surface area contributed by atoms with Gasteiger partial charge in [0.2, 0.25) is 0 Å². The quantitative estimate of drug-likeness (QED) is 0.766. The first-order chi connectivity index (χ1) is 5.68. The highest BCUT2D eigenvalue weighted by atomic mass is 79.9. The van der Waals surface area contributed by atoms with Crippen LogP contribution < -0.4 is 10.5 Å². The Morgan fingerprint density at radius 2 is 2.33 bits per heavy atom. The highest BCUT2D eigenvalue weighted by Gasteiger charge is 2.23. The van der Waals surface area contributed by atoms with Gasteiger partial charge in [-0.3, -0.25) is 0 Å². The van der Waals surface area contributed by atoms with E-state index in [4.69, 9.17) is 22.1 Å². The first-order valence-electron chi connectivity index (χ1n) is 3.56. The Morgan fingerprint density at radius 1 is 1.58 bits per heavy atom. The molecule has 1 heterocycles. The number of nitrogens with two attached hydrogens (primary N) is 1. The van der Waals surface area contributed by atoms with Crippen LogP contribution >= 0.6 is 27.5 Å². The van der Waals surface area contributed by atoms with Crippen molar-refractivity contribution in [3.63, 3.8) is 0 Å². The molecular formula is C8H7BrClNO. The van der Waals surface area contributed by atoms with Crippen LogP contribution in [0.4, 0.5) is 0 Å². The summed E-state index contributed by atoms with van der Waals surface area (Å²) in [7, 11) is 0. The molecule has 2 N–H and O–H groups in total. The highest BCUT2D eigenvalue weighted by molar-refractivity contribution is 9.10. The molecule has 0 saturated carbocycles. The average Bonchev–Trinajstić information content (AvgIpc) is 2.33. The van der Waals surface area contributed by atoms with Gasteiger partial charge < -0.3 is 10.5 Å². The van der Waals surface area contributed by atoms with E-state index >= 15 is 0 Å². The average molecular weight is 249 g/mol. The van der Waals surface area contributed by atoms with Crippen molar-refractivity contribution >= 4 is 27.5 Å². The summed E-state index contributed by atoms with van der Waals surface area (Å²) >= 11 is 9.21. The summed E-state index contributed by atoms with van der Waals surface area (Å²) in [5, 5.41) is 0.682. The second-order valence-corrected chi connectivity index (χ2v) is 4.01. The topological polar surface area (TPSA) is 35.2 Å². The van der Waals surface area contributed by atoms with Crippen LogP contribution in [0, 0.1) is 0 Å². The molecule has 1 aromatic carbocycles. The molecule has 64 valence electrons. The molecule has 0 fully saturated rings. The van der Waals surface area contributed by atoms with Crippen molar-refractivity contribution in [3.8, 4) is 5.75 Å². The molecule has 4 heteroatoms. The molecule has 1 aliphatic rings. The molecule has 0 radical (unpaired) electrons. The summed E-state index contributed by atoms with van der Waals surface area (Å²) in [6.45, 7) is 0.536. The SMILES string of the molecule is N[C@@H]1COc2c(Br)cc(Cl)cc21. The van der Waals surface area contributed by atoms with E-state index in [-0.39, 0.29) is 6.04 Å². The van der Waals surface area contributed by atoms with Gasteiger partial charge in [-0.1, -0.05) is 11.6 Å². The minimum Gasteiger partial charge on any atom is -0.490 e. The Hall–Kier alpha value is -0.250. The first-order valence-corrected chi connectivity index (χ1v) is 4.73. The van der Waals surface area contributed by atoms with E-state index in [0.717, 1.165) is 15.8 Å². The summed E-state index contributed by atoms with van der Waals surface area (Å²) in [6, 6.07) is 3.60. The Labute approximate surface area is 83.8 Å². The number of hydrogen-bond acceptors (Lipinski definition) is 2. The minimum atomic E-state index is -0.0463. The molecule has 0 unspecified atom stereocenters. The van der Waals surface area contributed by atoms with Crippen LogP contribution in [0.1, 0.15) is 11.6 Å². The summed E-state index contributed by atoms with van der Waals surface area (Å²) in [5.74, 6) is 0.826. The Bertz CT molecular complexity index is 329.